The van der Waals surface area contributed by atoms with Crippen molar-refractivity contribution in [2.45, 2.75) is 0 Å². The van der Waals surface area contributed by atoms with E-state index in [0.717, 1.165) is 22.6 Å². The van der Waals surface area contributed by atoms with E-state index in [9.17, 15) is 9.18 Å². The largest absolute Gasteiger partial charge is 0.461 e. The van der Waals surface area contributed by atoms with Crippen LogP contribution in [-0.2, 0) is 0 Å². The van der Waals surface area contributed by atoms with Crippen LogP contribution in [0.25, 0.3) is 22.7 Å². The number of rotatable bonds is 3. The van der Waals surface area contributed by atoms with Crippen LogP contribution in [0, 0.1) is 5.82 Å². The molecule has 0 saturated heterocycles. The predicted octanol–water partition coefficient (Wildman–Crippen LogP) is 4.18. The van der Waals surface area contributed by atoms with Crippen molar-refractivity contribution >= 4 is 17.2 Å². The number of halogens is 1. The molecule has 1 N–H and O–H groups in total. The van der Waals surface area contributed by atoms with Gasteiger partial charge in [-0.25, -0.2) is 4.39 Å². The summed E-state index contributed by atoms with van der Waals surface area (Å²) in [6.07, 6.45) is 2.97. The summed E-state index contributed by atoms with van der Waals surface area (Å²) in [4.78, 5) is 12.3. The van der Waals surface area contributed by atoms with Crippen LogP contribution in [0.5, 0.6) is 0 Å². The lowest BCUT2D eigenvalue weighted by Gasteiger charge is -2.24. The molecule has 3 heterocycles. The summed E-state index contributed by atoms with van der Waals surface area (Å²) in [5, 5.41) is 3.20. The summed E-state index contributed by atoms with van der Waals surface area (Å²) in [6.45, 7) is 4.56. The minimum absolute atomic E-state index is 0.222. The fourth-order valence-corrected chi connectivity index (χ4v) is 2.97. The molecule has 5 heteroatoms. The lowest BCUT2D eigenvalue weighted by molar-refractivity contribution is 0.102. The standard InChI is InChI=1S/C20H15FN2O2/c1-13-12-22-16(11-19(24)20-6-3-9-25-20)18-8-7-17(23(13)18)14-4-2-5-15(21)10-14/h2-11,22H,1,12H2/b16-11-. The highest BCUT2D eigenvalue weighted by Gasteiger charge is 2.21. The maximum atomic E-state index is 13.6. The number of nitrogens with one attached hydrogen (secondary N) is 1. The van der Waals surface area contributed by atoms with Gasteiger partial charge in [-0.3, -0.25) is 4.79 Å². The number of hydrogen-bond donors (Lipinski definition) is 1. The van der Waals surface area contributed by atoms with E-state index < -0.39 is 0 Å². The Morgan fingerprint density at radius 3 is 2.80 bits per heavy atom. The molecule has 25 heavy (non-hydrogen) atoms. The van der Waals surface area contributed by atoms with Crippen LogP contribution in [0.3, 0.4) is 0 Å². The van der Waals surface area contributed by atoms with Crippen molar-refractivity contribution in [1.29, 1.82) is 0 Å². The van der Waals surface area contributed by atoms with Crippen molar-refractivity contribution in [3.05, 3.63) is 84.7 Å². The highest BCUT2D eigenvalue weighted by Crippen LogP contribution is 2.31. The Bertz CT molecular complexity index is 997. The normalized spacial score (nSPS) is 15.1. The molecule has 0 bridgehead atoms. The van der Waals surface area contributed by atoms with Gasteiger partial charge >= 0.3 is 0 Å². The Morgan fingerprint density at radius 1 is 1.20 bits per heavy atom. The molecule has 4 nitrogen and oxygen atoms in total. The van der Waals surface area contributed by atoms with Crippen LogP contribution >= 0.6 is 0 Å². The fraction of sp³-hybridized carbons (Fsp3) is 0.0500. The minimum atomic E-state index is -0.295. The predicted molar refractivity (Wildman–Crippen MR) is 94.2 cm³/mol. The lowest BCUT2D eigenvalue weighted by atomic mass is 10.1. The first-order valence-corrected chi connectivity index (χ1v) is 7.83. The number of hydrogen-bond acceptors (Lipinski definition) is 3. The van der Waals surface area contributed by atoms with Crippen molar-refractivity contribution in [1.82, 2.24) is 9.88 Å². The van der Waals surface area contributed by atoms with Crippen LogP contribution in [0.2, 0.25) is 0 Å². The van der Waals surface area contributed by atoms with Crippen molar-refractivity contribution in [2.24, 2.45) is 0 Å². The number of benzene rings is 1. The van der Waals surface area contributed by atoms with Gasteiger partial charge in [-0.2, -0.15) is 0 Å². The average Bonchev–Trinajstić information content (AvgIpc) is 3.27. The zero-order chi connectivity index (χ0) is 17.4. The first kappa shape index (κ1) is 15.2. The molecule has 0 fully saturated rings. The summed E-state index contributed by atoms with van der Waals surface area (Å²) < 4.78 is 20.7. The third kappa shape index (κ3) is 2.70. The van der Waals surface area contributed by atoms with Crippen molar-refractivity contribution < 1.29 is 13.6 Å². The third-order valence-electron chi connectivity index (χ3n) is 4.12. The van der Waals surface area contributed by atoms with E-state index in [2.05, 4.69) is 11.9 Å². The third-order valence-corrected chi connectivity index (χ3v) is 4.12. The van der Waals surface area contributed by atoms with Gasteiger partial charge in [-0.1, -0.05) is 18.7 Å². The molecule has 0 unspecified atom stereocenters. The highest BCUT2D eigenvalue weighted by atomic mass is 19.1. The van der Waals surface area contributed by atoms with E-state index in [-0.39, 0.29) is 17.4 Å². The van der Waals surface area contributed by atoms with Crippen molar-refractivity contribution in [3.63, 3.8) is 0 Å². The van der Waals surface area contributed by atoms with Crippen LogP contribution in [0.4, 0.5) is 4.39 Å². The summed E-state index contributed by atoms with van der Waals surface area (Å²) >= 11 is 0. The maximum absolute atomic E-state index is 13.6. The van der Waals surface area contributed by atoms with Gasteiger partial charge in [0.15, 0.2) is 5.76 Å². The van der Waals surface area contributed by atoms with Gasteiger partial charge in [0.1, 0.15) is 5.82 Å². The van der Waals surface area contributed by atoms with Gasteiger partial charge in [-0.15, -0.1) is 0 Å². The number of furan rings is 1. The number of ketones is 1. The zero-order valence-electron chi connectivity index (χ0n) is 13.3. The van der Waals surface area contributed by atoms with Gasteiger partial charge < -0.3 is 14.3 Å². The zero-order valence-corrected chi connectivity index (χ0v) is 13.3. The quantitative estimate of drug-likeness (QED) is 0.577. The van der Waals surface area contributed by atoms with Gasteiger partial charge in [0, 0.05) is 17.3 Å². The molecule has 1 aromatic carbocycles. The Balaban J connectivity index is 1.79. The topological polar surface area (TPSA) is 47.2 Å². The van der Waals surface area contributed by atoms with Crippen LogP contribution < -0.4 is 5.32 Å². The SMILES string of the molecule is C=C1CN/C(=C\C(=O)c2ccco2)c2ccc(-c3cccc(F)c3)n21. The fourth-order valence-electron chi connectivity index (χ4n) is 2.97. The van der Waals surface area contributed by atoms with Crippen molar-refractivity contribution in [3.8, 4) is 11.3 Å². The molecule has 2 aromatic heterocycles. The van der Waals surface area contributed by atoms with E-state index in [4.69, 9.17) is 4.42 Å². The molecule has 0 amide bonds. The molecule has 0 aliphatic carbocycles. The summed E-state index contributed by atoms with van der Waals surface area (Å²) in [6, 6.07) is 13.5. The number of fused-ring (bicyclic) bond motifs is 1. The molecule has 124 valence electrons. The number of carbonyl (C=O) groups is 1. The van der Waals surface area contributed by atoms with Gasteiger partial charge in [0.05, 0.1) is 29.9 Å². The molecular weight excluding hydrogens is 319 g/mol. The second-order valence-electron chi connectivity index (χ2n) is 5.77. The number of carbonyl (C=O) groups excluding carboxylic acids is 1. The summed E-state index contributed by atoms with van der Waals surface area (Å²) in [7, 11) is 0. The first-order chi connectivity index (χ1) is 12.1. The Hall–Kier alpha value is -3.34. The highest BCUT2D eigenvalue weighted by molar-refractivity contribution is 6.06. The molecule has 4 rings (SSSR count). The molecule has 0 saturated carbocycles. The molecule has 0 atom stereocenters. The van der Waals surface area contributed by atoms with Crippen molar-refractivity contribution in [2.75, 3.05) is 6.54 Å². The maximum Gasteiger partial charge on any atom is 0.223 e. The van der Waals surface area contributed by atoms with Crippen LogP contribution in [0.15, 0.2) is 71.9 Å². The van der Waals surface area contributed by atoms with E-state index in [0.29, 0.717) is 12.2 Å². The Kier molecular flexibility index (Phi) is 3.61. The molecule has 0 spiro atoms. The Labute approximate surface area is 143 Å². The van der Waals surface area contributed by atoms with E-state index in [1.165, 1.54) is 24.5 Å². The smallest absolute Gasteiger partial charge is 0.223 e. The van der Waals surface area contributed by atoms with Gasteiger partial charge in [0.25, 0.3) is 0 Å². The Morgan fingerprint density at radius 2 is 2.04 bits per heavy atom. The van der Waals surface area contributed by atoms with E-state index in [1.54, 1.807) is 18.2 Å². The number of nitrogens with zero attached hydrogens (tertiary/aromatic N) is 1. The monoisotopic (exact) mass is 334 g/mol. The van der Waals surface area contributed by atoms with Crippen LogP contribution in [0.1, 0.15) is 16.2 Å². The van der Waals surface area contributed by atoms with E-state index in [1.807, 2.05) is 22.8 Å². The summed E-state index contributed by atoms with van der Waals surface area (Å²) in [5.41, 5.74) is 3.89. The molecule has 1 aliphatic heterocycles. The van der Waals surface area contributed by atoms with E-state index >= 15 is 0 Å². The number of aromatic nitrogens is 1. The molecule has 1 aliphatic rings. The second-order valence-corrected chi connectivity index (χ2v) is 5.77. The lowest BCUT2D eigenvalue weighted by Crippen LogP contribution is -2.26. The molecular formula is C20H15FN2O2. The summed E-state index contributed by atoms with van der Waals surface area (Å²) in [5.74, 6) is -0.237. The average molecular weight is 334 g/mol. The van der Waals surface area contributed by atoms with Gasteiger partial charge in [0.2, 0.25) is 5.78 Å². The molecule has 3 aromatic rings. The van der Waals surface area contributed by atoms with Crippen LogP contribution in [-0.4, -0.2) is 16.9 Å². The first-order valence-electron chi connectivity index (χ1n) is 7.83. The van der Waals surface area contributed by atoms with Gasteiger partial charge in [-0.05, 0) is 36.4 Å². The minimum Gasteiger partial charge on any atom is -0.461 e. The number of allylic oxidation sites excluding steroid dienone is 1. The molecule has 0 radical (unpaired) electrons. The second kappa shape index (κ2) is 5.94.